The molecule has 96 valence electrons. The molecule has 5 atom stereocenters. The number of likely N-dealkylation sites (tertiary alicyclic amines) is 2. The molecule has 0 aromatic rings. The van der Waals surface area contributed by atoms with Crippen LogP contribution in [0, 0.1) is 11.8 Å². The van der Waals surface area contributed by atoms with Gasteiger partial charge in [0.25, 0.3) is 0 Å². The average Bonchev–Trinajstić information content (AvgIpc) is 2.91. The van der Waals surface area contributed by atoms with E-state index in [9.17, 15) is 13.6 Å². The topological polar surface area (TPSA) is 43.8 Å². The summed E-state index contributed by atoms with van der Waals surface area (Å²) in [5.74, 6) is 1.14. The minimum absolute atomic E-state index is 0.292. The van der Waals surface area contributed by atoms with E-state index in [-0.39, 0.29) is 0 Å². The normalized spacial score (nSPS) is 48.8. The van der Waals surface area contributed by atoms with Crippen LogP contribution in [0.5, 0.6) is 0 Å². The van der Waals surface area contributed by atoms with Crippen molar-refractivity contribution in [3.63, 3.8) is 0 Å². The Morgan fingerprint density at radius 3 is 2.47 bits per heavy atom. The van der Waals surface area contributed by atoms with E-state index in [0.29, 0.717) is 36.2 Å². The third-order valence-corrected chi connectivity index (χ3v) is 4.60. The fourth-order valence-corrected chi connectivity index (χ4v) is 3.52. The van der Waals surface area contributed by atoms with Gasteiger partial charge in [-0.15, -0.1) is 0 Å². The van der Waals surface area contributed by atoms with Crippen molar-refractivity contribution >= 4 is 6.09 Å². The molecule has 17 heavy (non-hydrogen) atoms. The van der Waals surface area contributed by atoms with E-state index in [1.54, 1.807) is 6.92 Å². The van der Waals surface area contributed by atoms with E-state index in [4.69, 9.17) is 5.11 Å². The lowest BCUT2D eigenvalue weighted by Crippen LogP contribution is -2.80. The molecule has 1 N–H and O–H groups in total. The minimum atomic E-state index is -2.01. The van der Waals surface area contributed by atoms with Gasteiger partial charge < -0.3 is 5.11 Å². The van der Waals surface area contributed by atoms with Gasteiger partial charge in [0, 0.05) is 13.1 Å². The molecule has 6 heteroatoms. The molecule has 1 amide bonds. The van der Waals surface area contributed by atoms with E-state index in [1.807, 2.05) is 4.90 Å². The molecule has 2 saturated heterocycles. The van der Waals surface area contributed by atoms with Crippen molar-refractivity contribution in [1.82, 2.24) is 9.80 Å². The number of rotatable bonds is 2. The zero-order valence-corrected chi connectivity index (χ0v) is 9.64. The van der Waals surface area contributed by atoms with E-state index in [1.165, 1.54) is 0 Å². The SMILES string of the molecule is CCC1(N2CC3CC3C2)C(F)C(F)N1C(=O)O. The molecule has 3 rings (SSSR count). The highest BCUT2D eigenvalue weighted by atomic mass is 19.2. The first-order valence-corrected chi connectivity index (χ1v) is 6.07. The lowest BCUT2D eigenvalue weighted by molar-refractivity contribution is -0.245. The molecule has 2 aliphatic heterocycles. The Morgan fingerprint density at radius 2 is 2.00 bits per heavy atom. The summed E-state index contributed by atoms with van der Waals surface area (Å²) in [6.45, 7) is 3.13. The summed E-state index contributed by atoms with van der Waals surface area (Å²) in [4.78, 5) is 13.5. The lowest BCUT2D eigenvalue weighted by Gasteiger charge is -2.59. The van der Waals surface area contributed by atoms with Crippen molar-refractivity contribution in [2.75, 3.05) is 13.1 Å². The number of halogens is 2. The summed E-state index contributed by atoms with van der Waals surface area (Å²) in [5.41, 5.74) is -1.25. The first-order valence-electron chi connectivity index (χ1n) is 6.07. The van der Waals surface area contributed by atoms with E-state index < -0.39 is 24.2 Å². The molecule has 5 unspecified atom stereocenters. The molecule has 0 radical (unpaired) electrons. The monoisotopic (exact) mass is 246 g/mol. The van der Waals surface area contributed by atoms with Gasteiger partial charge in [-0.3, -0.25) is 9.80 Å². The van der Waals surface area contributed by atoms with Crippen LogP contribution in [0.1, 0.15) is 19.8 Å². The second-order valence-electron chi connectivity index (χ2n) is 5.32. The van der Waals surface area contributed by atoms with Gasteiger partial charge in [0.2, 0.25) is 6.30 Å². The summed E-state index contributed by atoms with van der Waals surface area (Å²) < 4.78 is 27.3. The van der Waals surface area contributed by atoms with Gasteiger partial charge in [-0.05, 0) is 24.7 Å². The summed E-state index contributed by atoms with van der Waals surface area (Å²) in [6, 6.07) is 0. The smallest absolute Gasteiger partial charge is 0.411 e. The highest BCUT2D eigenvalue weighted by Gasteiger charge is 2.69. The van der Waals surface area contributed by atoms with Crippen LogP contribution in [0.15, 0.2) is 0 Å². The van der Waals surface area contributed by atoms with Crippen LogP contribution in [-0.4, -0.2) is 52.2 Å². The summed E-state index contributed by atoms with van der Waals surface area (Å²) in [7, 11) is 0. The second kappa shape index (κ2) is 3.31. The molecule has 0 aromatic heterocycles. The van der Waals surface area contributed by atoms with Gasteiger partial charge in [-0.1, -0.05) is 6.92 Å². The predicted molar refractivity (Wildman–Crippen MR) is 55.8 cm³/mol. The summed E-state index contributed by atoms with van der Waals surface area (Å²) >= 11 is 0. The maximum atomic E-state index is 13.9. The third-order valence-electron chi connectivity index (χ3n) is 4.60. The van der Waals surface area contributed by atoms with Crippen LogP contribution in [0.4, 0.5) is 13.6 Å². The first kappa shape index (κ1) is 11.2. The van der Waals surface area contributed by atoms with Crippen LogP contribution in [-0.2, 0) is 0 Å². The number of piperidine rings is 1. The average molecular weight is 246 g/mol. The summed E-state index contributed by atoms with van der Waals surface area (Å²) in [5, 5.41) is 9.02. The minimum Gasteiger partial charge on any atom is -0.465 e. The number of hydrogen-bond acceptors (Lipinski definition) is 2. The fraction of sp³-hybridized carbons (Fsp3) is 0.909. The van der Waals surface area contributed by atoms with Crippen LogP contribution in [0.25, 0.3) is 0 Å². The molecular formula is C11H16F2N2O2. The Balaban J connectivity index is 1.87. The lowest BCUT2D eigenvalue weighted by atomic mass is 9.86. The Morgan fingerprint density at radius 1 is 1.41 bits per heavy atom. The number of fused-ring (bicyclic) bond motifs is 1. The van der Waals surface area contributed by atoms with E-state index in [2.05, 4.69) is 0 Å². The van der Waals surface area contributed by atoms with Gasteiger partial charge in [-0.25, -0.2) is 13.6 Å². The Kier molecular flexibility index (Phi) is 2.18. The van der Waals surface area contributed by atoms with E-state index in [0.717, 1.165) is 6.42 Å². The number of carbonyl (C=O) groups is 1. The van der Waals surface area contributed by atoms with Gasteiger partial charge in [0.05, 0.1) is 0 Å². The molecule has 1 aliphatic carbocycles. The second-order valence-corrected chi connectivity index (χ2v) is 5.32. The standard InChI is InChI=1S/C11H16F2N2O2/c1-2-11(14-4-6-3-7(6)5-14)8(12)9(13)15(11)10(16)17/h6-9H,2-5H2,1H3,(H,16,17). The van der Waals surface area contributed by atoms with E-state index >= 15 is 0 Å². The van der Waals surface area contributed by atoms with Gasteiger partial charge in [-0.2, -0.15) is 0 Å². The van der Waals surface area contributed by atoms with Crippen molar-refractivity contribution in [2.45, 2.75) is 37.9 Å². The van der Waals surface area contributed by atoms with Crippen LogP contribution >= 0.6 is 0 Å². The van der Waals surface area contributed by atoms with Crippen molar-refractivity contribution in [3.05, 3.63) is 0 Å². The Hall–Kier alpha value is -0.910. The highest BCUT2D eigenvalue weighted by Crippen LogP contribution is 2.53. The maximum Gasteiger partial charge on any atom is 0.411 e. The molecule has 2 heterocycles. The van der Waals surface area contributed by atoms with Crippen LogP contribution in [0.2, 0.25) is 0 Å². The molecule has 3 fully saturated rings. The highest BCUT2D eigenvalue weighted by molar-refractivity contribution is 5.68. The number of alkyl halides is 2. The molecule has 1 saturated carbocycles. The molecule has 0 aromatic carbocycles. The largest absolute Gasteiger partial charge is 0.465 e. The zero-order chi connectivity index (χ0) is 12.4. The maximum absolute atomic E-state index is 13.9. The molecular weight excluding hydrogens is 230 g/mol. The number of nitrogens with zero attached hydrogens (tertiary/aromatic N) is 2. The summed E-state index contributed by atoms with van der Waals surface area (Å²) in [6.07, 6.45) is -3.65. The predicted octanol–water partition coefficient (Wildman–Crippen LogP) is 1.67. The van der Waals surface area contributed by atoms with Gasteiger partial charge in [0.1, 0.15) is 5.66 Å². The number of amides is 1. The van der Waals surface area contributed by atoms with Crippen molar-refractivity contribution in [1.29, 1.82) is 0 Å². The Bertz CT molecular complexity index is 357. The molecule has 3 aliphatic rings. The Labute approximate surface area is 98.2 Å². The zero-order valence-electron chi connectivity index (χ0n) is 9.64. The van der Waals surface area contributed by atoms with Crippen molar-refractivity contribution in [2.24, 2.45) is 11.8 Å². The van der Waals surface area contributed by atoms with Crippen molar-refractivity contribution < 1.29 is 18.7 Å². The quantitative estimate of drug-likeness (QED) is 0.754. The third kappa shape index (κ3) is 1.22. The molecule has 0 bridgehead atoms. The first-order chi connectivity index (χ1) is 8.02. The van der Waals surface area contributed by atoms with Crippen LogP contribution < -0.4 is 0 Å². The van der Waals surface area contributed by atoms with Crippen molar-refractivity contribution in [3.8, 4) is 0 Å². The molecule has 0 spiro atoms. The number of hydrogen-bond donors (Lipinski definition) is 1. The van der Waals surface area contributed by atoms with Crippen LogP contribution in [0.3, 0.4) is 0 Å². The number of carboxylic acid groups (broad SMARTS) is 1. The molecule has 4 nitrogen and oxygen atoms in total. The fourth-order valence-electron chi connectivity index (χ4n) is 3.52. The van der Waals surface area contributed by atoms with Gasteiger partial charge in [0.15, 0.2) is 6.17 Å². The van der Waals surface area contributed by atoms with Gasteiger partial charge >= 0.3 is 6.09 Å².